The van der Waals surface area contributed by atoms with E-state index in [4.69, 9.17) is 0 Å². The molecule has 0 radical (unpaired) electrons. The fourth-order valence-electron chi connectivity index (χ4n) is 2.43. The van der Waals surface area contributed by atoms with Gasteiger partial charge in [-0.2, -0.15) is 5.10 Å². The number of carbonyl (C=O) groups excluding carboxylic acids is 2. The molecule has 0 N–H and O–H groups in total. The van der Waals surface area contributed by atoms with Crippen molar-refractivity contribution in [1.29, 1.82) is 0 Å². The van der Waals surface area contributed by atoms with Crippen LogP contribution in [0.1, 0.15) is 18.9 Å². The molecule has 1 aromatic rings. The number of hydrogen-bond donors (Lipinski definition) is 0. The SMILES string of the molecule is C=CC(=O)N(C)CC(=O)N1CCCC(n2cccn2)C1. The van der Waals surface area contributed by atoms with Crippen LogP contribution in [0, 0.1) is 0 Å². The van der Waals surface area contributed by atoms with E-state index in [1.165, 1.54) is 11.0 Å². The molecule has 2 heterocycles. The maximum atomic E-state index is 12.2. The minimum Gasteiger partial charge on any atom is -0.339 e. The minimum absolute atomic E-state index is 0.0282. The molecule has 0 aliphatic carbocycles. The first-order valence-electron chi connectivity index (χ1n) is 6.76. The highest BCUT2D eigenvalue weighted by Crippen LogP contribution is 2.20. The molecule has 1 aromatic heterocycles. The summed E-state index contributed by atoms with van der Waals surface area (Å²) in [5.41, 5.74) is 0. The van der Waals surface area contributed by atoms with Crippen LogP contribution in [0.5, 0.6) is 0 Å². The van der Waals surface area contributed by atoms with Gasteiger partial charge >= 0.3 is 0 Å². The van der Waals surface area contributed by atoms with Crippen molar-refractivity contribution in [2.24, 2.45) is 0 Å². The zero-order valence-electron chi connectivity index (χ0n) is 11.7. The molecule has 6 nitrogen and oxygen atoms in total. The quantitative estimate of drug-likeness (QED) is 0.760. The summed E-state index contributed by atoms with van der Waals surface area (Å²) in [6.07, 6.45) is 6.86. The van der Waals surface area contributed by atoms with Crippen molar-refractivity contribution in [1.82, 2.24) is 19.6 Å². The maximum Gasteiger partial charge on any atom is 0.246 e. The molecule has 0 spiro atoms. The molecule has 6 heteroatoms. The lowest BCUT2D eigenvalue weighted by Gasteiger charge is -2.33. The molecule has 0 saturated carbocycles. The predicted octanol–water partition coefficient (Wildman–Crippen LogP) is 0.691. The summed E-state index contributed by atoms with van der Waals surface area (Å²) < 4.78 is 1.90. The van der Waals surface area contributed by atoms with Gasteiger partial charge in [-0.3, -0.25) is 14.3 Å². The highest BCUT2D eigenvalue weighted by molar-refractivity contribution is 5.90. The second kappa shape index (κ2) is 6.36. The number of hydrogen-bond acceptors (Lipinski definition) is 3. The molecular weight excluding hydrogens is 256 g/mol. The number of carbonyl (C=O) groups is 2. The predicted molar refractivity (Wildman–Crippen MR) is 74.9 cm³/mol. The van der Waals surface area contributed by atoms with E-state index in [9.17, 15) is 9.59 Å². The van der Waals surface area contributed by atoms with E-state index in [1.807, 2.05) is 21.8 Å². The Morgan fingerprint density at radius 1 is 1.55 bits per heavy atom. The summed E-state index contributed by atoms with van der Waals surface area (Å²) in [6, 6.07) is 2.11. The fourth-order valence-corrected chi connectivity index (χ4v) is 2.43. The van der Waals surface area contributed by atoms with Crippen molar-refractivity contribution in [2.75, 3.05) is 26.7 Å². The third kappa shape index (κ3) is 3.26. The largest absolute Gasteiger partial charge is 0.339 e. The van der Waals surface area contributed by atoms with E-state index in [-0.39, 0.29) is 24.4 Å². The summed E-state index contributed by atoms with van der Waals surface area (Å²) in [6.45, 7) is 4.91. The van der Waals surface area contributed by atoms with Crippen LogP contribution < -0.4 is 0 Å². The lowest BCUT2D eigenvalue weighted by molar-refractivity contribution is -0.138. The molecule has 0 bridgehead atoms. The number of nitrogens with zero attached hydrogens (tertiary/aromatic N) is 4. The molecule has 2 amide bonds. The molecule has 1 aliphatic heterocycles. The first kappa shape index (κ1) is 14.3. The van der Waals surface area contributed by atoms with Crippen molar-refractivity contribution < 1.29 is 9.59 Å². The number of amides is 2. The number of aromatic nitrogens is 2. The first-order chi connectivity index (χ1) is 9.61. The number of likely N-dealkylation sites (N-methyl/N-ethyl adjacent to an activating group) is 1. The molecular formula is C14H20N4O2. The monoisotopic (exact) mass is 276 g/mol. The summed E-state index contributed by atoms with van der Waals surface area (Å²) in [4.78, 5) is 26.8. The Kier molecular flexibility index (Phi) is 4.55. The third-order valence-corrected chi connectivity index (χ3v) is 3.57. The van der Waals surface area contributed by atoms with Gasteiger partial charge in [0, 0.05) is 32.5 Å². The van der Waals surface area contributed by atoms with Crippen LogP contribution >= 0.6 is 0 Å². The first-order valence-corrected chi connectivity index (χ1v) is 6.76. The Labute approximate surface area is 118 Å². The van der Waals surface area contributed by atoms with Gasteiger partial charge in [-0.1, -0.05) is 6.58 Å². The van der Waals surface area contributed by atoms with Crippen molar-refractivity contribution in [3.05, 3.63) is 31.1 Å². The highest BCUT2D eigenvalue weighted by atomic mass is 16.2. The standard InChI is InChI=1S/C14H20N4O2/c1-3-13(19)16(2)11-14(20)17-8-4-6-12(10-17)18-9-5-7-15-18/h3,5,7,9,12H,1,4,6,8,10-11H2,2H3. The topological polar surface area (TPSA) is 58.4 Å². The van der Waals surface area contributed by atoms with Crippen LogP contribution in [-0.2, 0) is 9.59 Å². The highest BCUT2D eigenvalue weighted by Gasteiger charge is 2.25. The lowest BCUT2D eigenvalue weighted by atomic mass is 10.1. The van der Waals surface area contributed by atoms with Crippen molar-refractivity contribution in [2.45, 2.75) is 18.9 Å². The molecule has 1 saturated heterocycles. The van der Waals surface area contributed by atoms with Gasteiger partial charge in [-0.25, -0.2) is 0 Å². The third-order valence-electron chi connectivity index (χ3n) is 3.57. The molecule has 1 aliphatic rings. The number of likely N-dealkylation sites (tertiary alicyclic amines) is 1. The van der Waals surface area contributed by atoms with Crippen molar-refractivity contribution >= 4 is 11.8 Å². The number of rotatable bonds is 4. The van der Waals surface area contributed by atoms with Crippen molar-refractivity contribution in [3.63, 3.8) is 0 Å². The van der Waals surface area contributed by atoms with Crippen LogP contribution in [0.25, 0.3) is 0 Å². The zero-order valence-corrected chi connectivity index (χ0v) is 11.7. The van der Waals surface area contributed by atoms with Gasteiger partial charge in [0.15, 0.2) is 0 Å². The van der Waals surface area contributed by atoms with E-state index in [2.05, 4.69) is 11.7 Å². The second-order valence-corrected chi connectivity index (χ2v) is 5.02. The van der Waals surface area contributed by atoms with Crippen LogP contribution in [0.2, 0.25) is 0 Å². The van der Waals surface area contributed by atoms with Crippen LogP contribution in [0.4, 0.5) is 0 Å². The summed E-state index contributed by atoms with van der Waals surface area (Å²) >= 11 is 0. The molecule has 1 unspecified atom stereocenters. The molecule has 20 heavy (non-hydrogen) atoms. The Hall–Kier alpha value is -2.11. The number of piperidine rings is 1. The average Bonchev–Trinajstić information content (AvgIpc) is 3.00. The van der Waals surface area contributed by atoms with Gasteiger partial charge in [0.05, 0.1) is 12.6 Å². The summed E-state index contributed by atoms with van der Waals surface area (Å²) in [5, 5.41) is 4.24. The van der Waals surface area contributed by atoms with Gasteiger partial charge in [0.1, 0.15) is 0 Å². The van der Waals surface area contributed by atoms with E-state index in [1.54, 1.807) is 13.2 Å². The van der Waals surface area contributed by atoms with Crippen LogP contribution in [0.3, 0.4) is 0 Å². The Morgan fingerprint density at radius 3 is 3.00 bits per heavy atom. The Morgan fingerprint density at radius 2 is 2.35 bits per heavy atom. The van der Waals surface area contributed by atoms with Crippen LogP contribution in [0.15, 0.2) is 31.1 Å². The zero-order chi connectivity index (χ0) is 14.5. The fraction of sp³-hybridized carbons (Fsp3) is 0.500. The second-order valence-electron chi connectivity index (χ2n) is 5.02. The summed E-state index contributed by atoms with van der Waals surface area (Å²) in [7, 11) is 1.61. The Bertz CT molecular complexity index is 483. The molecule has 0 aromatic carbocycles. The lowest BCUT2D eigenvalue weighted by Crippen LogP contribution is -2.45. The van der Waals surface area contributed by atoms with Crippen molar-refractivity contribution in [3.8, 4) is 0 Å². The molecule has 2 rings (SSSR count). The van der Waals surface area contributed by atoms with Gasteiger partial charge in [0.2, 0.25) is 11.8 Å². The molecule has 1 fully saturated rings. The summed E-state index contributed by atoms with van der Waals surface area (Å²) in [5.74, 6) is -0.265. The maximum absolute atomic E-state index is 12.2. The smallest absolute Gasteiger partial charge is 0.246 e. The Balaban J connectivity index is 1.93. The van der Waals surface area contributed by atoms with E-state index < -0.39 is 0 Å². The normalized spacial score (nSPS) is 18.6. The van der Waals surface area contributed by atoms with Crippen LogP contribution in [-0.4, -0.2) is 58.1 Å². The van der Waals surface area contributed by atoms with Gasteiger partial charge in [0.25, 0.3) is 0 Å². The van der Waals surface area contributed by atoms with E-state index in [0.717, 1.165) is 19.4 Å². The van der Waals surface area contributed by atoms with Gasteiger partial charge in [-0.15, -0.1) is 0 Å². The molecule has 1 atom stereocenters. The average molecular weight is 276 g/mol. The van der Waals surface area contributed by atoms with E-state index in [0.29, 0.717) is 6.54 Å². The van der Waals surface area contributed by atoms with E-state index >= 15 is 0 Å². The van der Waals surface area contributed by atoms with Gasteiger partial charge in [-0.05, 0) is 25.0 Å². The van der Waals surface area contributed by atoms with Gasteiger partial charge < -0.3 is 9.80 Å². The molecule has 108 valence electrons. The minimum atomic E-state index is -0.237.